The maximum absolute atomic E-state index is 13.1. The van der Waals surface area contributed by atoms with Crippen LogP contribution in [0.15, 0.2) is 18.3 Å². The molecule has 0 bridgehead atoms. The number of phenols is 1. The maximum Gasteiger partial charge on any atom is 0.129 e. The van der Waals surface area contributed by atoms with Crippen molar-refractivity contribution >= 4 is 10.9 Å². The quantitative estimate of drug-likeness (QED) is 0.786. The van der Waals surface area contributed by atoms with E-state index in [4.69, 9.17) is 5.73 Å². The summed E-state index contributed by atoms with van der Waals surface area (Å²) in [6.07, 6.45) is 2.55. The fourth-order valence-corrected chi connectivity index (χ4v) is 1.90. The number of nitrogens with two attached hydrogens (primary N) is 1. The zero-order valence-electron chi connectivity index (χ0n) is 8.50. The van der Waals surface area contributed by atoms with Gasteiger partial charge in [0, 0.05) is 24.7 Å². The summed E-state index contributed by atoms with van der Waals surface area (Å²) < 4.78 is 14.9. The summed E-state index contributed by atoms with van der Waals surface area (Å²) in [4.78, 5) is 0. The Hall–Kier alpha value is -1.55. The van der Waals surface area contributed by atoms with Gasteiger partial charge in [0.15, 0.2) is 0 Å². The Morgan fingerprint density at radius 2 is 2.20 bits per heavy atom. The zero-order valence-corrected chi connectivity index (χ0v) is 8.50. The minimum absolute atomic E-state index is 0.0194. The second kappa shape index (κ2) is 3.55. The standard InChI is InChI=1S/C11H13FN2O/c1-14-6-7(2-3-13)11-9(14)4-8(12)5-10(11)15/h4-6,15H,2-3,13H2,1H3. The number of halogens is 1. The van der Waals surface area contributed by atoms with E-state index in [0.717, 1.165) is 11.6 Å². The lowest BCUT2D eigenvalue weighted by atomic mass is 10.1. The predicted octanol–water partition coefficient (Wildman–Crippen LogP) is 1.52. The molecule has 3 N–H and O–H groups in total. The number of phenolic OH excluding ortho intramolecular Hbond substituents is 1. The predicted molar refractivity (Wildman–Crippen MR) is 57.3 cm³/mol. The van der Waals surface area contributed by atoms with E-state index in [0.29, 0.717) is 23.9 Å². The van der Waals surface area contributed by atoms with Crippen molar-refractivity contribution in [3.63, 3.8) is 0 Å². The molecule has 1 aromatic heterocycles. The van der Waals surface area contributed by atoms with Gasteiger partial charge in [0.05, 0.1) is 5.52 Å². The third-order valence-corrected chi connectivity index (χ3v) is 2.53. The van der Waals surface area contributed by atoms with Gasteiger partial charge in [-0.05, 0) is 24.6 Å². The van der Waals surface area contributed by atoms with Gasteiger partial charge in [-0.2, -0.15) is 0 Å². The van der Waals surface area contributed by atoms with E-state index in [9.17, 15) is 9.50 Å². The average molecular weight is 208 g/mol. The first-order valence-corrected chi connectivity index (χ1v) is 4.80. The summed E-state index contributed by atoms with van der Waals surface area (Å²) in [6.45, 7) is 0.510. The van der Waals surface area contributed by atoms with E-state index < -0.39 is 5.82 Å². The Kier molecular flexibility index (Phi) is 2.36. The van der Waals surface area contributed by atoms with Crippen LogP contribution in [0.1, 0.15) is 5.56 Å². The van der Waals surface area contributed by atoms with Crippen molar-refractivity contribution in [2.75, 3.05) is 6.54 Å². The molecule has 0 atom stereocenters. The molecule has 0 amide bonds. The highest BCUT2D eigenvalue weighted by molar-refractivity contribution is 5.89. The second-order valence-corrected chi connectivity index (χ2v) is 3.62. The van der Waals surface area contributed by atoms with Gasteiger partial charge in [0.25, 0.3) is 0 Å². The lowest BCUT2D eigenvalue weighted by molar-refractivity contribution is 0.475. The van der Waals surface area contributed by atoms with Crippen LogP contribution in [0.25, 0.3) is 10.9 Å². The number of hydrogen-bond acceptors (Lipinski definition) is 2. The van der Waals surface area contributed by atoms with Gasteiger partial charge in [-0.3, -0.25) is 0 Å². The van der Waals surface area contributed by atoms with Crippen molar-refractivity contribution in [3.05, 3.63) is 29.7 Å². The number of aromatic nitrogens is 1. The molecular weight excluding hydrogens is 195 g/mol. The Morgan fingerprint density at radius 1 is 1.47 bits per heavy atom. The Bertz CT molecular complexity index is 505. The third-order valence-electron chi connectivity index (χ3n) is 2.53. The van der Waals surface area contributed by atoms with Gasteiger partial charge in [-0.25, -0.2) is 4.39 Å². The molecule has 0 saturated heterocycles. The number of aromatic hydroxyl groups is 1. The number of nitrogens with zero attached hydrogens (tertiary/aromatic N) is 1. The molecule has 0 radical (unpaired) electrons. The molecule has 0 saturated carbocycles. The monoisotopic (exact) mass is 208 g/mol. The molecule has 1 aromatic carbocycles. The fraction of sp³-hybridized carbons (Fsp3) is 0.273. The molecule has 3 nitrogen and oxygen atoms in total. The van der Waals surface area contributed by atoms with Gasteiger partial charge in [-0.1, -0.05) is 0 Å². The molecule has 15 heavy (non-hydrogen) atoms. The zero-order chi connectivity index (χ0) is 11.0. The summed E-state index contributed by atoms with van der Waals surface area (Å²) >= 11 is 0. The van der Waals surface area contributed by atoms with E-state index in [1.807, 2.05) is 13.2 Å². The van der Waals surface area contributed by atoms with Gasteiger partial charge in [-0.15, -0.1) is 0 Å². The van der Waals surface area contributed by atoms with Gasteiger partial charge in [0.2, 0.25) is 0 Å². The van der Waals surface area contributed by atoms with Gasteiger partial charge in [0.1, 0.15) is 11.6 Å². The molecule has 2 aromatic rings. The SMILES string of the molecule is Cn1cc(CCN)c2c(O)cc(F)cc21. The van der Waals surface area contributed by atoms with Crippen molar-refractivity contribution in [2.45, 2.75) is 6.42 Å². The van der Waals surface area contributed by atoms with Crippen LogP contribution in [0.3, 0.4) is 0 Å². The highest BCUT2D eigenvalue weighted by Gasteiger charge is 2.11. The summed E-state index contributed by atoms with van der Waals surface area (Å²) in [5.41, 5.74) is 7.12. The highest BCUT2D eigenvalue weighted by atomic mass is 19.1. The first-order valence-electron chi connectivity index (χ1n) is 4.80. The number of aryl methyl sites for hydroxylation is 1. The molecule has 0 unspecified atom stereocenters. The first-order chi connectivity index (χ1) is 7.13. The first kappa shape index (κ1) is 9.98. The molecule has 0 aliphatic heterocycles. The largest absolute Gasteiger partial charge is 0.507 e. The average Bonchev–Trinajstić information content (AvgIpc) is 2.44. The number of hydrogen-bond donors (Lipinski definition) is 2. The summed E-state index contributed by atoms with van der Waals surface area (Å²) in [5.74, 6) is -0.449. The summed E-state index contributed by atoms with van der Waals surface area (Å²) in [6, 6.07) is 2.54. The minimum atomic E-state index is -0.430. The lowest BCUT2D eigenvalue weighted by Gasteiger charge is -2.00. The summed E-state index contributed by atoms with van der Waals surface area (Å²) in [5, 5.41) is 10.4. The number of benzene rings is 1. The van der Waals surface area contributed by atoms with Crippen LogP contribution in [0.2, 0.25) is 0 Å². The van der Waals surface area contributed by atoms with Crippen LogP contribution in [0, 0.1) is 5.82 Å². The van der Waals surface area contributed by atoms with Crippen LogP contribution in [0.5, 0.6) is 5.75 Å². The molecule has 4 heteroatoms. The van der Waals surface area contributed by atoms with Crippen molar-refractivity contribution in [3.8, 4) is 5.75 Å². The summed E-state index contributed by atoms with van der Waals surface area (Å²) in [7, 11) is 1.82. The molecule has 2 rings (SSSR count). The molecule has 0 fully saturated rings. The van der Waals surface area contributed by atoms with Crippen LogP contribution < -0.4 is 5.73 Å². The van der Waals surface area contributed by atoms with E-state index in [2.05, 4.69) is 0 Å². The van der Waals surface area contributed by atoms with Gasteiger partial charge >= 0.3 is 0 Å². The van der Waals surface area contributed by atoms with Crippen LogP contribution in [0.4, 0.5) is 4.39 Å². The Balaban J connectivity index is 2.75. The van der Waals surface area contributed by atoms with Crippen LogP contribution in [-0.2, 0) is 13.5 Å². The van der Waals surface area contributed by atoms with Crippen LogP contribution in [-0.4, -0.2) is 16.2 Å². The lowest BCUT2D eigenvalue weighted by Crippen LogP contribution is -2.01. The Labute approximate surface area is 86.9 Å². The number of rotatable bonds is 2. The molecule has 80 valence electrons. The smallest absolute Gasteiger partial charge is 0.129 e. The molecule has 0 spiro atoms. The fourth-order valence-electron chi connectivity index (χ4n) is 1.90. The van der Waals surface area contributed by atoms with Crippen molar-refractivity contribution in [2.24, 2.45) is 12.8 Å². The van der Waals surface area contributed by atoms with E-state index in [1.54, 1.807) is 4.57 Å². The minimum Gasteiger partial charge on any atom is -0.507 e. The topological polar surface area (TPSA) is 51.2 Å². The maximum atomic E-state index is 13.1. The second-order valence-electron chi connectivity index (χ2n) is 3.62. The molecule has 0 aliphatic carbocycles. The van der Waals surface area contributed by atoms with Crippen molar-refractivity contribution in [1.29, 1.82) is 0 Å². The normalized spacial score (nSPS) is 11.1. The highest BCUT2D eigenvalue weighted by Crippen LogP contribution is 2.30. The molecular formula is C11H13FN2O. The molecule has 0 aliphatic rings. The Morgan fingerprint density at radius 3 is 2.87 bits per heavy atom. The molecule has 1 heterocycles. The van der Waals surface area contributed by atoms with Crippen molar-refractivity contribution in [1.82, 2.24) is 4.57 Å². The van der Waals surface area contributed by atoms with Crippen LogP contribution >= 0.6 is 0 Å². The third kappa shape index (κ3) is 1.57. The van der Waals surface area contributed by atoms with E-state index >= 15 is 0 Å². The van der Waals surface area contributed by atoms with E-state index in [-0.39, 0.29) is 5.75 Å². The van der Waals surface area contributed by atoms with E-state index in [1.165, 1.54) is 6.07 Å². The van der Waals surface area contributed by atoms with Crippen molar-refractivity contribution < 1.29 is 9.50 Å². The number of fused-ring (bicyclic) bond motifs is 1. The van der Waals surface area contributed by atoms with Gasteiger partial charge < -0.3 is 15.4 Å².